The van der Waals surface area contributed by atoms with Crippen LogP contribution in [0.5, 0.6) is 0 Å². The number of rotatable bonds is 12. The molecule has 5 aromatic rings. The van der Waals surface area contributed by atoms with Crippen molar-refractivity contribution in [1.29, 1.82) is 0 Å². The second-order valence-corrected chi connectivity index (χ2v) is 15.1. The van der Waals surface area contributed by atoms with Gasteiger partial charge >= 0.3 is 11.9 Å². The summed E-state index contributed by atoms with van der Waals surface area (Å²) in [6.07, 6.45) is 13.5. The largest absolute Gasteiger partial charge is 0.469 e. The highest BCUT2D eigenvalue weighted by atomic mass is 16.5. The van der Waals surface area contributed by atoms with Crippen molar-refractivity contribution in [2.24, 2.45) is 0 Å². The molecule has 2 N–H and O–H groups in total. The van der Waals surface area contributed by atoms with E-state index < -0.39 is 0 Å². The van der Waals surface area contributed by atoms with E-state index in [9.17, 15) is 9.59 Å². The van der Waals surface area contributed by atoms with E-state index >= 15 is 0 Å². The Balaban J connectivity index is 1.52. The molecule has 0 spiro atoms. The minimum absolute atomic E-state index is 0.212. The Morgan fingerprint density at radius 2 is 1.05 bits per heavy atom. The molecule has 0 atom stereocenters. The second kappa shape index (κ2) is 17.8. The third-order valence-electron chi connectivity index (χ3n) is 11.5. The summed E-state index contributed by atoms with van der Waals surface area (Å²) in [6, 6.07) is 24.9. The van der Waals surface area contributed by atoms with Gasteiger partial charge in [-0.25, -0.2) is 9.97 Å². The Morgan fingerprint density at radius 1 is 0.567 bits per heavy atom. The summed E-state index contributed by atoms with van der Waals surface area (Å²) in [5.41, 5.74) is 19.0. The van der Waals surface area contributed by atoms with Crippen LogP contribution in [0.3, 0.4) is 0 Å². The quantitative estimate of drug-likeness (QED) is 0.122. The molecule has 2 aliphatic heterocycles. The number of carbonyl (C=O) groups is 2. The number of hydrogen-bond donors (Lipinski definition) is 2. The molecule has 0 radical (unpaired) electrons. The number of esters is 2. The zero-order valence-corrected chi connectivity index (χ0v) is 35.2. The normalized spacial score (nSPS) is 12.8. The number of aryl methyl sites for hydroxylation is 3. The molecule has 0 saturated heterocycles. The molecule has 60 heavy (non-hydrogen) atoms. The summed E-state index contributed by atoms with van der Waals surface area (Å²) in [4.78, 5) is 42.8. The van der Waals surface area contributed by atoms with E-state index in [4.69, 9.17) is 19.4 Å². The molecule has 8 nitrogen and oxygen atoms in total. The first-order valence-corrected chi connectivity index (χ1v) is 20.1. The van der Waals surface area contributed by atoms with Crippen LogP contribution in [0.25, 0.3) is 74.7 Å². The minimum atomic E-state index is -0.289. The lowest BCUT2D eigenvalue weighted by Crippen LogP contribution is -2.02. The molecule has 5 heterocycles. The van der Waals surface area contributed by atoms with Crippen molar-refractivity contribution in [3.05, 3.63) is 159 Å². The van der Waals surface area contributed by atoms with Crippen LogP contribution < -0.4 is 0 Å². The van der Waals surface area contributed by atoms with E-state index in [2.05, 4.69) is 142 Å². The highest BCUT2D eigenvalue weighted by Crippen LogP contribution is 2.37. The SMILES string of the molecule is C=Cc1ccc(/C=C/C2=C(C)c3cc4[nH]c(cc5nc(cc6[nH]c(cc2n3)c(C)c6CCC(=O)OC)C(CCC(=O)OC)=C5C)c(C)c4/C=C/c2ccc(C=C)cc2)cc1. The molecule has 8 heteroatoms. The molecular weight excluding hydrogens is 745 g/mol. The van der Waals surface area contributed by atoms with Crippen LogP contribution in [0.1, 0.15) is 100 Å². The van der Waals surface area contributed by atoms with Crippen LogP contribution in [0.4, 0.5) is 0 Å². The Morgan fingerprint density at radius 3 is 1.67 bits per heavy atom. The summed E-state index contributed by atoms with van der Waals surface area (Å²) in [7, 11) is 2.81. The van der Waals surface area contributed by atoms with Gasteiger partial charge in [-0.2, -0.15) is 0 Å². The van der Waals surface area contributed by atoms with Gasteiger partial charge in [-0.15, -0.1) is 0 Å². The number of nitrogens with zero attached hydrogens (tertiary/aromatic N) is 2. The fourth-order valence-corrected chi connectivity index (χ4v) is 7.71. The zero-order valence-electron chi connectivity index (χ0n) is 35.2. The summed E-state index contributed by atoms with van der Waals surface area (Å²) >= 11 is 0. The zero-order chi connectivity index (χ0) is 42.5. The first kappa shape index (κ1) is 41.1. The Hall–Kier alpha value is -7.06. The van der Waals surface area contributed by atoms with Gasteiger partial charge in [0.1, 0.15) is 0 Å². The standard InChI is InChI=1S/C52H50N4O4/c1-9-35-11-15-37(16-12-35)19-21-39-31(3)43-27-44-33(5)41(23-25-51(57)59-7)49(54-44)30-50-42(24-26-52(58)60-8)34(6)46(56-50)29-48-40(32(4)45(55-48)28-47(39)53-43)22-20-38-17-13-36(10-2)14-18-38/h9-22,27-30,53,56H,1-2,23-26H2,3-8H3/b21-19+,22-20+,43-27?,44-27?,45-28?,46-29?,47-28?,48-29?,49-30?,50-30?. The molecule has 3 aromatic heterocycles. The lowest BCUT2D eigenvalue weighted by Gasteiger charge is -2.04. The van der Waals surface area contributed by atoms with Crippen molar-refractivity contribution in [1.82, 2.24) is 19.9 Å². The maximum Gasteiger partial charge on any atom is 0.305 e. The molecule has 0 aliphatic carbocycles. The van der Waals surface area contributed by atoms with Gasteiger partial charge in [-0.05, 0) is 120 Å². The first-order valence-electron chi connectivity index (χ1n) is 20.1. The van der Waals surface area contributed by atoms with Crippen molar-refractivity contribution >= 4 is 86.7 Å². The number of fused-ring (bicyclic) bond motifs is 8. The van der Waals surface area contributed by atoms with Crippen molar-refractivity contribution in [3.63, 3.8) is 0 Å². The number of aromatic nitrogens is 4. The number of ether oxygens (including phenoxy) is 2. The smallest absolute Gasteiger partial charge is 0.305 e. The average Bonchev–Trinajstić information content (AvgIpc) is 3.93. The Bertz CT molecular complexity index is 2830. The first-order chi connectivity index (χ1) is 29.0. The summed E-state index contributed by atoms with van der Waals surface area (Å²) in [5.74, 6) is -0.575. The number of hydrogen-bond acceptors (Lipinski definition) is 6. The highest BCUT2D eigenvalue weighted by Gasteiger charge is 2.21. The molecule has 0 amide bonds. The number of H-pyrrole nitrogens is 2. The van der Waals surface area contributed by atoms with E-state index in [0.717, 1.165) is 112 Å². The van der Waals surface area contributed by atoms with E-state index in [-0.39, 0.29) is 24.8 Å². The molecule has 2 aromatic carbocycles. The molecule has 0 saturated carbocycles. The number of aromatic amines is 2. The van der Waals surface area contributed by atoms with Crippen LogP contribution in [0.2, 0.25) is 0 Å². The van der Waals surface area contributed by atoms with Crippen molar-refractivity contribution in [3.8, 4) is 0 Å². The molecule has 0 unspecified atom stereocenters. The highest BCUT2D eigenvalue weighted by molar-refractivity contribution is 6.00. The summed E-state index contributed by atoms with van der Waals surface area (Å²) in [6.45, 7) is 16.1. The van der Waals surface area contributed by atoms with Crippen LogP contribution in [0.15, 0.2) is 92.0 Å². The molecule has 2 aliphatic rings. The third kappa shape index (κ3) is 8.69. The van der Waals surface area contributed by atoms with E-state index in [1.165, 1.54) is 14.2 Å². The lowest BCUT2D eigenvalue weighted by molar-refractivity contribution is -0.141. The number of nitrogens with one attached hydrogen (secondary N) is 2. The van der Waals surface area contributed by atoms with Crippen LogP contribution >= 0.6 is 0 Å². The van der Waals surface area contributed by atoms with Gasteiger partial charge in [0.2, 0.25) is 0 Å². The minimum Gasteiger partial charge on any atom is -0.469 e. The van der Waals surface area contributed by atoms with Gasteiger partial charge < -0.3 is 19.4 Å². The maximum atomic E-state index is 12.5. The molecule has 302 valence electrons. The van der Waals surface area contributed by atoms with E-state index in [1.54, 1.807) is 0 Å². The molecule has 7 rings (SSSR count). The monoisotopic (exact) mass is 794 g/mol. The second-order valence-electron chi connectivity index (χ2n) is 15.1. The number of methoxy groups -OCH3 is 2. The fraction of sp³-hybridized carbons (Fsp3) is 0.192. The number of carbonyl (C=O) groups excluding carboxylic acids is 2. The van der Waals surface area contributed by atoms with Crippen LogP contribution in [-0.2, 0) is 25.5 Å². The number of benzene rings is 2. The summed E-state index contributed by atoms with van der Waals surface area (Å²) < 4.78 is 10.1. The van der Waals surface area contributed by atoms with E-state index in [1.807, 2.05) is 18.2 Å². The van der Waals surface area contributed by atoms with Gasteiger partial charge in [0.05, 0.1) is 37.0 Å². The van der Waals surface area contributed by atoms with Gasteiger partial charge in [-0.1, -0.05) is 98.1 Å². The molecular formula is C52H50N4O4. The molecule has 0 fully saturated rings. The maximum absolute atomic E-state index is 12.5. The third-order valence-corrected chi connectivity index (χ3v) is 11.5. The van der Waals surface area contributed by atoms with Gasteiger partial charge in [0.25, 0.3) is 0 Å². The lowest BCUT2D eigenvalue weighted by atomic mass is 10.00. The Kier molecular flexibility index (Phi) is 12.2. The van der Waals surface area contributed by atoms with Crippen molar-refractivity contribution in [2.45, 2.75) is 53.4 Å². The predicted octanol–water partition coefficient (Wildman–Crippen LogP) is 12.0. The topological polar surface area (TPSA) is 110 Å². The number of allylic oxidation sites excluding steroid dienone is 5. The van der Waals surface area contributed by atoms with Crippen molar-refractivity contribution < 1.29 is 19.1 Å². The Labute approximate surface area is 351 Å². The summed E-state index contributed by atoms with van der Waals surface area (Å²) in [5, 5.41) is 0. The van der Waals surface area contributed by atoms with Gasteiger partial charge in [-0.3, -0.25) is 9.59 Å². The van der Waals surface area contributed by atoms with Crippen LogP contribution in [0, 0.1) is 13.8 Å². The van der Waals surface area contributed by atoms with Crippen LogP contribution in [-0.4, -0.2) is 46.1 Å². The van der Waals surface area contributed by atoms with E-state index in [0.29, 0.717) is 12.8 Å². The average molecular weight is 795 g/mol. The fourth-order valence-electron chi connectivity index (χ4n) is 7.71. The van der Waals surface area contributed by atoms with Crippen molar-refractivity contribution in [2.75, 3.05) is 14.2 Å². The van der Waals surface area contributed by atoms with Gasteiger partial charge in [0, 0.05) is 46.0 Å². The van der Waals surface area contributed by atoms with Gasteiger partial charge in [0.15, 0.2) is 0 Å². The predicted molar refractivity (Wildman–Crippen MR) is 248 cm³/mol. The molecule has 8 bridgehead atoms.